The van der Waals surface area contributed by atoms with Crippen molar-refractivity contribution in [3.05, 3.63) is 27.0 Å². The Morgan fingerprint density at radius 2 is 2.06 bits per heavy atom. The molecule has 4 N–H and O–H groups in total. The Kier molecular flexibility index (Phi) is 2.87. The topological polar surface area (TPSA) is 139 Å². The first-order valence-electron chi connectivity index (χ1n) is 4.28. The number of hydrogen-bond acceptors (Lipinski definition) is 4. The standard InChI is InChI=1S/C7H6ClN3O5S2/c8-3-1-4-6(2-5(3)17(9,13)14)18(15,16)11-7(12)10-4/h1-2H,(H2,9,13,14)(H2,10,11,12,15,16). The molecule has 1 aromatic carbocycles. The zero-order valence-electron chi connectivity index (χ0n) is 8.45. The smallest absolute Gasteiger partial charge is 0.298 e. The van der Waals surface area contributed by atoms with Crippen LogP contribution in [-0.4, -0.2) is 23.2 Å². The third kappa shape index (κ3) is 2.20. The predicted molar refractivity (Wildman–Crippen MR) is 62.1 cm³/mol. The number of hydrogen-bond donors (Lipinski definition) is 3. The molecule has 18 heavy (non-hydrogen) atoms. The number of nitrogens with one attached hydrogen (secondary N) is 1. The fraction of sp³-hybridized carbons (Fsp3) is 0. The van der Waals surface area contributed by atoms with Gasteiger partial charge in [0.15, 0.2) is 9.99 Å². The number of primary sulfonamides is 1. The molecule has 0 fully saturated rings. The molecule has 1 aliphatic rings. The van der Waals surface area contributed by atoms with Crippen LogP contribution in [0.15, 0.2) is 22.0 Å². The van der Waals surface area contributed by atoms with E-state index >= 15 is 0 Å². The van der Waals surface area contributed by atoms with E-state index in [1.807, 2.05) is 0 Å². The van der Waals surface area contributed by atoms with E-state index in [1.165, 1.54) is 0 Å². The first-order chi connectivity index (χ1) is 8.11. The van der Waals surface area contributed by atoms with Gasteiger partial charge in [-0.3, -0.25) is 4.55 Å². The lowest BCUT2D eigenvalue weighted by atomic mass is 10.3. The van der Waals surface area contributed by atoms with Gasteiger partial charge < -0.3 is 0 Å². The molecule has 0 bridgehead atoms. The van der Waals surface area contributed by atoms with Crippen molar-refractivity contribution in [1.29, 1.82) is 0 Å². The highest BCUT2D eigenvalue weighted by Crippen LogP contribution is 2.18. The Morgan fingerprint density at radius 3 is 2.61 bits per heavy atom. The number of urea groups is 1. The quantitative estimate of drug-likeness (QED) is 0.586. The molecule has 2 rings (SSSR count). The summed E-state index contributed by atoms with van der Waals surface area (Å²) in [6.07, 6.45) is 0. The Hall–Kier alpha value is -1.20. The molecule has 1 aliphatic heterocycles. The number of carbonyl (C=O) groups is 1. The lowest BCUT2D eigenvalue weighted by molar-refractivity contribution is 0.252. The minimum Gasteiger partial charge on any atom is -0.298 e. The second-order valence-corrected chi connectivity index (χ2v) is 6.97. The molecule has 2 amide bonds. The molecule has 1 atom stereocenters. The maximum atomic E-state index is 11.7. The van der Waals surface area contributed by atoms with Crippen molar-refractivity contribution in [3.8, 4) is 0 Å². The largest absolute Gasteiger partial charge is 0.354 e. The molecular weight excluding hydrogens is 306 g/mol. The van der Waals surface area contributed by atoms with Crippen LogP contribution in [0.1, 0.15) is 0 Å². The molecule has 0 saturated heterocycles. The number of benzene rings is 1. The summed E-state index contributed by atoms with van der Waals surface area (Å²) in [4.78, 5) is 13.9. The van der Waals surface area contributed by atoms with Crippen LogP contribution in [0, 0.1) is 4.51 Å². The van der Waals surface area contributed by atoms with Crippen LogP contribution in [0.25, 0.3) is 0 Å². The van der Waals surface area contributed by atoms with E-state index < -0.39 is 30.9 Å². The van der Waals surface area contributed by atoms with Crippen molar-refractivity contribution >= 4 is 37.6 Å². The Labute approximate surface area is 106 Å². The fourth-order valence-electron chi connectivity index (χ4n) is 1.36. The number of nitrogens with two attached hydrogens (primary N) is 1. The monoisotopic (exact) mass is 311 g/mol. The zero-order chi connectivity index (χ0) is 13.7. The van der Waals surface area contributed by atoms with E-state index in [0.717, 1.165) is 12.1 Å². The fourth-order valence-corrected chi connectivity index (χ4v) is 3.58. The van der Waals surface area contributed by atoms with Crippen LogP contribution in [0.4, 0.5) is 4.79 Å². The van der Waals surface area contributed by atoms with E-state index in [9.17, 15) is 22.0 Å². The summed E-state index contributed by atoms with van der Waals surface area (Å²) in [6, 6.07) is 0.790. The van der Waals surface area contributed by atoms with Gasteiger partial charge in [0.05, 0.1) is 14.9 Å². The van der Waals surface area contributed by atoms with Gasteiger partial charge in [-0.25, -0.2) is 27.3 Å². The van der Waals surface area contributed by atoms with Gasteiger partial charge in [0.25, 0.3) is 0 Å². The van der Waals surface area contributed by atoms with Crippen molar-refractivity contribution in [1.82, 2.24) is 4.72 Å². The summed E-state index contributed by atoms with van der Waals surface area (Å²) in [5, 5.41) is 4.44. The minimum absolute atomic E-state index is 0.177. The summed E-state index contributed by atoms with van der Waals surface area (Å²) in [5.74, 6) is 0. The second kappa shape index (κ2) is 3.90. The zero-order valence-corrected chi connectivity index (χ0v) is 10.8. The number of rotatable bonds is 1. The van der Waals surface area contributed by atoms with Crippen molar-refractivity contribution in [3.63, 3.8) is 0 Å². The van der Waals surface area contributed by atoms with E-state index in [4.69, 9.17) is 16.7 Å². The Morgan fingerprint density at radius 1 is 1.44 bits per heavy atom. The molecule has 8 nitrogen and oxygen atoms in total. The third-order valence-corrected chi connectivity index (χ3v) is 4.82. The molecule has 1 heterocycles. The van der Waals surface area contributed by atoms with Crippen molar-refractivity contribution in [2.45, 2.75) is 4.90 Å². The lowest BCUT2D eigenvalue weighted by Gasteiger charge is -2.10. The van der Waals surface area contributed by atoms with Crippen molar-refractivity contribution < 1.29 is 22.0 Å². The average Bonchev–Trinajstić information content (AvgIpc) is 2.12. The van der Waals surface area contributed by atoms with Crippen LogP contribution in [-0.2, 0) is 20.0 Å². The summed E-state index contributed by atoms with van der Waals surface area (Å²) in [7, 11) is -8.07. The predicted octanol–water partition coefficient (Wildman–Crippen LogP) is -0.747. The summed E-state index contributed by atoms with van der Waals surface area (Å²) < 4.78 is 45.0. The highest BCUT2D eigenvalue weighted by Gasteiger charge is 2.20. The van der Waals surface area contributed by atoms with Crippen LogP contribution >= 0.6 is 11.6 Å². The van der Waals surface area contributed by atoms with Crippen molar-refractivity contribution in [2.75, 3.05) is 0 Å². The van der Waals surface area contributed by atoms with E-state index in [1.54, 1.807) is 4.72 Å². The first-order valence-corrected chi connectivity index (χ1v) is 7.71. The molecule has 98 valence electrons. The molecular formula is C7H6ClN3O5S2. The van der Waals surface area contributed by atoms with Gasteiger partial charge >= 0.3 is 6.03 Å². The molecule has 0 saturated carbocycles. The maximum absolute atomic E-state index is 11.7. The van der Waals surface area contributed by atoms with E-state index in [-0.39, 0.29) is 14.9 Å². The molecule has 1 unspecified atom stereocenters. The SMILES string of the molecule is NS(=O)(=O)c1cc2c(cc1Cl)=NC(=O)NS=2(=O)O. The maximum Gasteiger partial charge on any atom is 0.354 e. The molecule has 0 aliphatic carbocycles. The highest BCUT2D eigenvalue weighted by molar-refractivity contribution is 7.89. The van der Waals surface area contributed by atoms with Crippen molar-refractivity contribution in [2.24, 2.45) is 10.1 Å². The van der Waals surface area contributed by atoms with Gasteiger partial charge in [0, 0.05) is 0 Å². The summed E-state index contributed by atoms with van der Waals surface area (Å²) in [6.45, 7) is 0. The highest BCUT2D eigenvalue weighted by atomic mass is 35.5. The molecule has 0 spiro atoms. The number of sulfonamides is 1. The number of fused-ring (bicyclic) bond motifs is 1. The molecule has 0 radical (unpaired) electrons. The molecule has 0 aromatic heterocycles. The molecule has 11 heteroatoms. The second-order valence-electron chi connectivity index (χ2n) is 3.34. The van der Waals surface area contributed by atoms with Crippen LogP contribution < -0.4 is 15.2 Å². The first kappa shape index (κ1) is 13.2. The average molecular weight is 312 g/mol. The number of amides is 2. The van der Waals surface area contributed by atoms with Gasteiger partial charge in [-0.05, 0) is 12.1 Å². The number of nitrogens with zero attached hydrogens (tertiary/aromatic N) is 1. The number of halogens is 1. The van der Waals surface area contributed by atoms with Crippen LogP contribution in [0.2, 0.25) is 5.02 Å². The van der Waals surface area contributed by atoms with Gasteiger partial charge in [-0.1, -0.05) is 11.6 Å². The van der Waals surface area contributed by atoms with Gasteiger partial charge in [0.2, 0.25) is 10.0 Å². The van der Waals surface area contributed by atoms with Gasteiger partial charge in [0.1, 0.15) is 4.90 Å². The lowest BCUT2D eigenvalue weighted by Crippen LogP contribution is -2.35. The van der Waals surface area contributed by atoms with E-state index in [0.29, 0.717) is 0 Å². The normalized spacial score (nSPS) is 22.9. The summed E-state index contributed by atoms with van der Waals surface area (Å²) in [5.41, 5.74) is 0. The molecule has 1 aromatic rings. The van der Waals surface area contributed by atoms with Gasteiger partial charge in [-0.15, -0.1) is 0 Å². The van der Waals surface area contributed by atoms with E-state index in [2.05, 4.69) is 4.99 Å². The van der Waals surface area contributed by atoms with Crippen LogP contribution in [0.5, 0.6) is 0 Å². The minimum atomic E-state index is -4.15. The number of carbonyl (C=O) groups excluding carboxylic acids is 1. The summed E-state index contributed by atoms with van der Waals surface area (Å²) >= 11 is 5.66. The van der Waals surface area contributed by atoms with Crippen LogP contribution in [0.3, 0.4) is 0 Å². The Bertz CT molecular complexity index is 869. The Balaban J connectivity index is 3.09. The van der Waals surface area contributed by atoms with Gasteiger partial charge in [-0.2, -0.15) is 4.99 Å². The third-order valence-electron chi connectivity index (χ3n) is 2.07.